The molecule has 1 saturated carbocycles. The molecule has 5 rings (SSSR count). The molecule has 2 fully saturated rings. The molecule has 1 saturated heterocycles. The van der Waals surface area contributed by atoms with Gasteiger partial charge in [0.1, 0.15) is 5.82 Å². The third-order valence-corrected chi connectivity index (χ3v) is 7.25. The van der Waals surface area contributed by atoms with Crippen LogP contribution in [0.4, 0.5) is 11.5 Å². The first-order chi connectivity index (χ1) is 17.2. The summed E-state index contributed by atoms with van der Waals surface area (Å²) >= 11 is 0. The molecular formula is C28H38N6O. The highest BCUT2D eigenvalue weighted by atomic mass is 16.5. The summed E-state index contributed by atoms with van der Waals surface area (Å²) < 4.78 is 5.48. The first-order valence-electron chi connectivity index (χ1n) is 13.2. The van der Waals surface area contributed by atoms with E-state index in [0.29, 0.717) is 12.0 Å². The van der Waals surface area contributed by atoms with Crippen LogP contribution in [-0.2, 0) is 11.3 Å². The molecule has 0 bridgehead atoms. The number of nitrogens with one attached hydrogen (secondary N) is 3. The minimum atomic E-state index is 0.409. The number of aromatic nitrogens is 1. The standard InChI is InChI=1S/C28H38N6O/c29-28(30-24-7-2-1-3-8-24)31-25-9-4-6-22(20-25)21-33-14-12-23(13-15-33)26-10-5-11-27(32-26)34-16-18-35-19-17-34/h4-6,9-12,20,24H,1-3,7-8,13-19,21H2,(H3,29,30,31). The van der Waals surface area contributed by atoms with Gasteiger partial charge >= 0.3 is 0 Å². The Balaban J connectivity index is 1.15. The summed E-state index contributed by atoms with van der Waals surface area (Å²) in [5.41, 5.74) is 4.69. The average molecular weight is 475 g/mol. The number of hydrogen-bond donors (Lipinski definition) is 3. The molecule has 0 spiro atoms. The molecule has 0 atom stereocenters. The van der Waals surface area contributed by atoms with Gasteiger partial charge in [0.15, 0.2) is 5.96 Å². The van der Waals surface area contributed by atoms with Gasteiger partial charge in [-0.25, -0.2) is 4.98 Å². The number of benzene rings is 1. The minimum Gasteiger partial charge on any atom is -0.378 e. The van der Waals surface area contributed by atoms with Gasteiger partial charge in [-0.15, -0.1) is 0 Å². The molecule has 7 nitrogen and oxygen atoms in total. The van der Waals surface area contributed by atoms with Crippen molar-refractivity contribution in [3.8, 4) is 0 Å². The van der Waals surface area contributed by atoms with Gasteiger partial charge in [-0.3, -0.25) is 10.3 Å². The predicted molar refractivity (Wildman–Crippen MR) is 143 cm³/mol. The molecule has 1 aromatic heterocycles. The number of rotatable bonds is 6. The Labute approximate surface area is 209 Å². The number of hydrogen-bond acceptors (Lipinski definition) is 5. The van der Waals surface area contributed by atoms with Crippen molar-refractivity contribution in [2.75, 3.05) is 49.6 Å². The summed E-state index contributed by atoms with van der Waals surface area (Å²) in [4.78, 5) is 9.75. The zero-order valence-corrected chi connectivity index (χ0v) is 20.6. The van der Waals surface area contributed by atoms with Crippen LogP contribution in [0.3, 0.4) is 0 Å². The molecule has 35 heavy (non-hydrogen) atoms. The lowest BCUT2D eigenvalue weighted by molar-refractivity contribution is 0.122. The predicted octanol–water partition coefficient (Wildman–Crippen LogP) is 4.48. The molecule has 2 aliphatic heterocycles. The number of nitrogens with zero attached hydrogens (tertiary/aromatic N) is 3. The molecule has 186 valence electrons. The molecule has 3 N–H and O–H groups in total. The fourth-order valence-corrected chi connectivity index (χ4v) is 5.30. The molecule has 1 aliphatic carbocycles. The van der Waals surface area contributed by atoms with Crippen molar-refractivity contribution in [3.05, 3.63) is 59.8 Å². The lowest BCUT2D eigenvalue weighted by Gasteiger charge is -2.29. The van der Waals surface area contributed by atoms with Gasteiger partial charge < -0.3 is 20.3 Å². The smallest absolute Gasteiger partial charge is 0.193 e. The second-order valence-corrected chi connectivity index (χ2v) is 9.87. The van der Waals surface area contributed by atoms with Crippen LogP contribution in [0.25, 0.3) is 5.57 Å². The van der Waals surface area contributed by atoms with E-state index >= 15 is 0 Å². The van der Waals surface area contributed by atoms with Crippen molar-refractivity contribution < 1.29 is 4.74 Å². The van der Waals surface area contributed by atoms with Crippen LogP contribution in [0.5, 0.6) is 0 Å². The van der Waals surface area contributed by atoms with Gasteiger partial charge in [0.2, 0.25) is 0 Å². The van der Waals surface area contributed by atoms with Crippen LogP contribution in [0.2, 0.25) is 0 Å². The molecule has 0 amide bonds. The summed E-state index contributed by atoms with van der Waals surface area (Å²) in [5.74, 6) is 1.47. The molecule has 1 aromatic carbocycles. The van der Waals surface area contributed by atoms with Crippen molar-refractivity contribution in [3.63, 3.8) is 0 Å². The van der Waals surface area contributed by atoms with Crippen LogP contribution in [0.15, 0.2) is 48.5 Å². The third-order valence-electron chi connectivity index (χ3n) is 7.25. The highest BCUT2D eigenvalue weighted by Crippen LogP contribution is 2.25. The van der Waals surface area contributed by atoms with Crippen molar-refractivity contribution in [2.45, 2.75) is 51.1 Å². The average Bonchev–Trinajstić information content (AvgIpc) is 2.90. The highest BCUT2D eigenvalue weighted by molar-refractivity contribution is 5.91. The third kappa shape index (κ3) is 6.61. The summed E-state index contributed by atoms with van der Waals surface area (Å²) in [6, 6.07) is 15.3. The number of morpholine rings is 1. The number of pyridine rings is 1. The molecule has 2 aromatic rings. The van der Waals surface area contributed by atoms with E-state index in [1.165, 1.54) is 43.2 Å². The summed E-state index contributed by atoms with van der Waals surface area (Å²) in [6.45, 7) is 6.23. The van der Waals surface area contributed by atoms with E-state index in [-0.39, 0.29) is 0 Å². The minimum absolute atomic E-state index is 0.409. The maximum atomic E-state index is 8.31. The summed E-state index contributed by atoms with van der Waals surface area (Å²) in [5, 5.41) is 14.9. The normalized spacial score (nSPS) is 19.8. The Hall–Kier alpha value is -2.90. The Kier molecular flexibility index (Phi) is 7.96. The van der Waals surface area contributed by atoms with E-state index in [0.717, 1.165) is 69.6 Å². The Morgan fingerprint density at radius 3 is 2.66 bits per heavy atom. The summed E-state index contributed by atoms with van der Waals surface area (Å²) in [6.07, 6.45) is 9.53. The van der Waals surface area contributed by atoms with Gasteiger partial charge in [0, 0.05) is 44.5 Å². The monoisotopic (exact) mass is 474 g/mol. The molecule has 3 heterocycles. The van der Waals surface area contributed by atoms with Gasteiger partial charge in [0.25, 0.3) is 0 Å². The van der Waals surface area contributed by atoms with Crippen LogP contribution in [-0.4, -0.2) is 61.3 Å². The quantitative estimate of drug-likeness (QED) is 0.423. The number of guanidine groups is 1. The van der Waals surface area contributed by atoms with E-state index in [1.54, 1.807) is 0 Å². The van der Waals surface area contributed by atoms with E-state index < -0.39 is 0 Å². The van der Waals surface area contributed by atoms with Crippen LogP contribution in [0.1, 0.15) is 49.8 Å². The Morgan fingerprint density at radius 2 is 1.86 bits per heavy atom. The SMILES string of the molecule is N=C(Nc1cccc(CN2CC=C(c3cccc(N4CCOCC4)n3)CC2)c1)NC1CCCCC1. The van der Waals surface area contributed by atoms with E-state index in [2.05, 4.69) is 62.9 Å². The van der Waals surface area contributed by atoms with Crippen LogP contribution >= 0.6 is 0 Å². The Morgan fingerprint density at radius 1 is 1.03 bits per heavy atom. The zero-order valence-electron chi connectivity index (χ0n) is 20.6. The second kappa shape index (κ2) is 11.7. The fourth-order valence-electron chi connectivity index (χ4n) is 5.30. The molecule has 3 aliphatic rings. The first-order valence-corrected chi connectivity index (χ1v) is 13.2. The summed E-state index contributed by atoms with van der Waals surface area (Å²) in [7, 11) is 0. The van der Waals surface area contributed by atoms with Crippen LogP contribution < -0.4 is 15.5 Å². The van der Waals surface area contributed by atoms with E-state index in [1.807, 2.05) is 6.07 Å². The maximum Gasteiger partial charge on any atom is 0.193 e. The maximum absolute atomic E-state index is 8.31. The van der Waals surface area contributed by atoms with Crippen molar-refractivity contribution in [1.82, 2.24) is 15.2 Å². The second-order valence-electron chi connectivity index (χ2n) is 9.87. The van der Waals surface area contributed by atoms with Gasteiger partial charge in [-0.2, -0.15) is 0 Å². The van der Waals surface area contributed by atoms with E-state index in [9.17, 15) is 0 Å². The Bertz CT molecular complexity index is 1030. The molecule has 0 unspecified atom stereocenters. The van der Waals surface area contributed by atoms with Crippen molar-refractivity contribution in [2.24, 2.45) is 0 Å². The van der Waals surface area contributed by atoms with Crippen LogP contribution in [0, 0.1) is 5.41 Å². The molecular weight excluding hydrogens is 436 g/mol. The largest absolute Gasteiger partial charge is 0.378 e. The zero-order chi connectivity index (χ0) is 23.9. The highest BCUT2D eigenvalue weighted by Gasteiger charge is 2.18. The van der Waals surface area contributed by atoms with Crippen molar-refractivity contribution >= 4 is 23.0 Å². The van der Waals surface area contributed by atoms with Gasteiger partial charge in [0.05, 0.1) is 18.9 Å². The first kappa shape index (κ1) is 23.8. The number of anilines is 2. The molecule has 7 heteroatoms. The topological polar surface area (TPSA) is 76.5 Å². The van der Waals surface area contributed by atoms with Crippen molar-refractivity contribution in [1.29, 1.82) is 5.41 Å². The molecule has 0 radical (unpaired) electrons. The fraction of sp³-hybridized carbons (Fsp3) is 0.500. The van der Waals surface area contributed by atoms with Gasteiger partial charge in [-0.1, -0.05) is 43.5 Å². The number of ether oxygens (including phenoxy) is 1. The van der Waals surface area contributed by atoms with E-state index in [4.69, 9.17) is 15.1 Å². The lowest BCUT2D eigenvalue weighted by atomic mass is 9.96. The lowest BCUT2D eigenvalue weighted by Crippen LogP contribution is -2.39. The van der Waals surface area contributed by atoms with Gasteiger partial charge in [-0.05, 0) is 54.7 Å².